The summed E-state index contributed by atoms with van der Waals surface area (Å²) in [5, 5.41) is 20.4. The second-order valence-corrected chi connectivity index (χ2v) is 3.03. The summed E-state index contributed by atoms with van der Waals surface area (Å²) in [5.41, 5.74) is 2.53. The van der Waals surface area contributed by atoms with Gasteiger partial charge in [0.1, 0.15) is 24.5 Å². The van der Waals surface area contributed by atoms with Crippen LogP contribution in [0.2, 0.25) is 0 Å². The minimum atomic E-state index is -2.55. The second kappa shape index (κ2) is 6.81. The van der Waals surface area contributed by atoms with Gasteiger partial charge in [-0.15, -0.1) is 0 Å². The highest BCUT2D eigenvalue weighted by atomic mass is 19.3. The summed E-state index contributed by atoms with van der Waals surface area (Å²) in [6.07, 6.45) is -2.55. The quantitative estimate of drug-likeness (QED) is 0.641. The summed E-state index contributed by atoms with van der Waals surface area (Å²) < 4.78 is 28.7. The first-order valence-electron chi connectivity index (χ1n) is 4.80. The number of ether oxygens (including phenoxy) is 1. The number of nitrogens with zero attached hydrogens (tertiary/aromatic N) is 3. The molecule has 0 aliphatic rings. The minimum absolute atomic E-state index is 0.242. The molecule has 18 heavy (non-hydrogen) atoms. The predicted octanol–water partition coefficient (Wildman–Crippen LogP) is 2.15. The number of nitrogens with one attached hydrogen (secondary N) is 1. The van der Waals surface area contributed by atoms with Gasteiger partial charge in [0.05, 0.1) is 5.69 Å². The Kier molecular flexibility index (Phi) is 5.07. The molecule has 0 radical (unpaired) electrons. The second-order valence-electron chi connectivity index (χ2n) is 3.03. The first kappa shape index (κ1) is 13.4. The van der Waals surface area contributed by atoms with Crippen LogP contribution in [0.1, 0.15) is 0 Å². The zero-order valence-electron chi connectivity index (χ0n) is 9.10. The van der Waals surface area contributed by atoms with Crippen LogP contribution in [0.3, 0.4) is 0 Å². The van der Waals surface area contributed by atoms with Gasteiger partial charge in [0.15, 0.2) is 0 Å². The van der Waals surface area contributed by atoms with Crippen LogP contribution < -0.4 is 10.2 Å². The summed E-state index contributed by atoms with van der Waals surface area (Å²) in [7, 11) is 0. The summed E-state index contributed by atoms with van der Waals surface area (Å²) in [5.74, 6) is 0.242. The lowest BCUT2D eigenvalue weighted by molar-refractivity contribution is 0.0819. The summed E-state index contributed by atoms with van der Waals surface area (Å²) in [4.78, 5) is 0. The van der Waals surface area contributed by atoms with Crippen molar-refractivity contribution in [2.45, 2.75) is 6.43 Å². The molecule has 1 rings (SSSR count). The van der Waals surface area contributed by atoms with Crippen molar-refractivity contribution in [3.05, 3.63) is 24.3 Å². The molecule has 0 unspecified atom stereocenters. The maximum atomic E-state index is 11.9. The normalized spacial score (nSPS) is 9.17. The Labute approximate surface area is 102 Å². The van der Waals surface area contributed by atoms with Crippen LogP contribution >= 0.6 is 0 Å². The Balaban J connectivity index is 2.69. The van der Waals surface area contributed by atoms with Crippen molar-refractivity contribution in [2.75, 3.05) is 12.0 Å². The largest absolute Gasteiger partial charge is 0.488 e. The van der Waals surface area contributed by atoms with E-state index in [1.807, 2.05) is 0 Å². The SMILES string of the molecule is N#CC(C#N)=NNc1cccc(OCC(F)F)c1. The van der Waals surface area contributed by atoms with Crippen molar-refractivity contribution in [3.8, 4) is 17.9 Å². The fourth-order valence-corrected chi connectivity index (χ4v) is 1.01. The summed E-state index contributed by atoms with van der Waals surface area (Å²) >= 11 is 0. The Morgan fingerprint density at radius 1 is 1.39 bits per heavy atom. The van der Waals surface area contributed by atoms with E-state index in [9.17, 15) is 8.78 Å². The molecule has 1 aromatic carbocycles. The van der Waals surface area contributed by atoms with Crippen LogP contribution in [0.4, 0.5) is 14.5 Å². The van der Waals surface area contributed by atoms with Gasteiger partial charge in [-0.05, 0) is 12.1 Å². The van der Waals surface area contributed by atoms with E-state index >= 15 is 0 Å². The lowest BCUT2D eigenvalue weighted by atomic mass is 10.3. The van der Waals surface area contributed by atoms with Crippen molar-refractivity contribution in [1.29, 1.82) is 10.5 Å². The zero-order chi connectivity index (χ0) is 13.4. The number of halogens is 2. The van der Waals surface area contributed by atoms with Crippen LogP contribution in [0.25, 0.3) is 0 Å². The number of alkyl halides is 2. The highest BCUT2D eigenvalue weighted by Crippen LogP contribution is 2.17. The van der Waals surface area contributed by atoms with Gasteiger partial charge in [-0.1, -0.05) is 6.07 Å². The van der Waals surface area contributed by atoms with E-state index < -0.39 is 13.0 Å². The van der Waals surface area contributed by atoms with Crippen molar-refractivity contribution >= 4 is 11.4 Å². The van der Waals surface area contributed by atoms with Crippen LogP contribution in [0.15, 0.2) is 29.4 Å². The number of anilines is 1. The number of rotatable bonds is 5. The van der Waals surface area contributed by atoms with Crippen molar-refractivity contribution in [1.82, 2.24) is 0 Å². The molecular weight excluding hydrogens is 242 g/mol. The molecule has 0 atom stereocenters. The van der Waals surface area contributed by atoms with Crippen LogP contribution in [0, 0.1) is 22.7 Å². The molecule has 1 N–H and O–H groups in total. The molecule has 0 aromatic heterocycles. The Hall–Kier alpha value is -2.67. The molecule has 0 saturated carbocycles. The first-order chi connectivity index (χ1) is 8.65. The van der Waals surface area contributed by atoms with Gasteiger partial charge >= 0.3 is 0 Å². The van der Waals surface area contributed by atoms with Gasteiger partial charge in [0.2, 0.25) is 5.71 Å². The maximum Gasteiger partial charge on any atom is 0.272 e. The fourth-order valence-electron chi connectivity index (χ4n) is 1.01. The highest BCUT2D eigenvalue weighted by molar-refractivity contribution is 6.10. The van der Waals surface area contributed by atoms with E-state index in [0.717, 1.165) is 0 Å². The predicted molar refractivity (Wildman–Crippen MR) is 60.2 cm³/mol. The van der Waals surface area contributed by atoms with Gasteiger partial charge < -0.3 is 4.74 Å². The van der Waals surface area contributed by atoms with E-state index in [1.165, 1.54) is 12.1 Å². The molecule has 0 fully saturated rings. The van der Waals surface area contributed by atoms with Crippen molar-refractivity contribution < 1.29 is 13.5 Å². The molecule has 7 heteroatoms. The van der Waals surface area contributed by atoms with Gasteiger partial charge in [0, 0.05) is 6.07 Å². The molecule has 92 valence electrons. The van der Waals surface area contributed by atoms with Crippen molar-refractivity contribution in [3.63, 3.8) is 0 Å². The van der Waals surface area contributed by atoms with Crippen LogP contribution in [0.5, 0.6) is 5.75 Å². The summed E-state index contributed by atoms with van der Waals surface area (Å²) in [6.45, 7) is -0.700. The molecule has 0 bridgehead atoms. The Bertz CT molecular complexity index is 501. The molecular formula is C11H8F2N4O. The van der Waals surface area contributed by atoms with Gasteiger partial charge in [-0.2, -0.15) is 15.6 Å². The average Bonchev–Trinajstić information content (AvgIpc) is 2.38. The maximum absolute atomic E-state index is 11.9. The number of hydrazone groups is 1. The molecule has 5 nitrogen and oxygen atoms in total. The first-order valence-corrected chi connectivity index (χ1v) is 4.80. The van der Waals surface area contributed by atoms with Gasteiger partial charge in [0.25, 0.3) is 6.43 Å². The lowest BCUT2D eigenvalue weighted by Gasteiger charge is -2.06. The van der Waals surface area contributed by atoms with Crippen molar-refractivity contribution in [2.24, 2.45) is 5.10 Å². The Morgan fingerprint density at radius 2 is 2.11 bits per heavy atom. The molecule has 0 saturated heterocycles. The average molecular weight is 250 g/mol. The smallest absolute Gasteiger partial charge is 0.272 e. The topological polar surface area (TPSA) is 81.2 Å². The third kappa shape index (κ3) is 4.45. The van der Waals surface area contributed by atoms with Gasteiger partial charge in [-0.25, -0.2) is 8.78 Å². The molecule has 1 aromatic rings. The third-order valence-electron chi connectivity index (χ3n) is 1.72. The molecule has 0 aliphatic heterocycles. The van der Waals surface area contributed by atoms with Crippen LogP contribution in [-0.4, -0.2) is 18.7 Å². The monoisotopic (exact) mass is 250 g/mol. The standard InChI is InChI=1S/C11H8F2N4O/c12-11(13)7-18-10-3-1-2-8(4-10)16-17-9(5-14)6-15/h1-4,11,16H,7H2. The number of hydrogen-bond donors (Lipinski definition) is 1. The van der Waals surface area contributed by atoms with E-state index in [4.69, 9.17) is 15.3 Å². The van der Waals surface area contributed by atoms with E-state index in [-0.39, 0.29) is 11.5 Å². The third-order valence-corrected chi connectivity index (χ3v) is 1.72. The number of benzene rings is 1. The van der Waals surface area contributed by atoms with E-state index in [0.29, 0.717) is 5.69 Å². The molecule has 0 heterocycles. The molecule has 0 spiro atoms. The minimum Gasteiger partial charge on any atom is -0.488 e. The fraction of sp³-hybridized carbons (Fsp3) is 0.182. The van der Waals surface area contributed by atoms with Gasteiger partial charge in [-0.3, -0.25) is 5.43 Å². The number of nitriles is 2. The van der Waals surface area contributed by atoms with E-state index in [1.54, 1.807) is 24.3 Å². The number of hydrogen-bond acceptors (Lipinski definition) is 5. The summed E-state index contributed by atoms with van der Waals surface area (Å²) in [6, 6.07) is 9.24. The highest BCUT2D eigenvalue weighted by Gasteiger charge is 2.03. The zero-order valence-corrected chi connectivity index (χ0v) is 9.10. The lowest BCUT2D eigenvalue weighted by Crippen LogP contribution is -2.07. The van der Waals surface area contributed by atoms with E-state index in [2.05, 4.69) is 10.5 Å². The molecule has 0 amide bonds. The molecule has 0 aliphatic carbocycles. The van der Waals surface area contributed by atoms with Crippen LogP contribution in [-0.2, 0) is 0 Å². The Morgan fingerprint density at radius 3 is 2.72 bits per heavy atom.